The summed E-state index contributed by atoms with van der Waals surface area (Å²) in [6.07, 6.45) is 1.65. The molecule has 0 fully saturated rings. The number of furan rings is 1. The maximum Gasteiger partial charge on any atom is 0.258 e. The van der Waals surface area contributed by atoms with Gasteiger partial charge >= 0.3 is 0 Å². The molecule has 1 atom stereocenters. The fourth-order valence-corrected chi connectivity index (χ4v) is 2.94. The number of hydrogen-bond donors (Lipinski definition) is 2. The third-order valence-corrected chi connectivity index (χ3v) is 4.42. The van der Waals surface area contributed by atoms with Crippen LogP contribution < -0.4 is 15.0 Å². The van der Waals surface area contributed by atoms with E-state index in [0.717, 1.165) is 16.9 Å². The highest BCUT2D eigenvalue weighted by molar-refractivity contribution is 5.78. The predicted molar refractivity (Wildman–Crippen MR) is 105 cm³/mol. The van der Waals surface area contributed by atoms with Gasteiger partial charge in [-0.05, 0) is 23.8 Å². The van der Waals surface area contributed by atoms with Gasteiger partial charge in [-0.25, -0.2) is 0 Å². The van der Waals surface area contributed by atoms with Crippen LogP contribution in [-0.2, 0) is 4.79 Å². The number of ether oxygens (including phenoxy) is 1. The molecule has 0 saturated heterocycles. The van der Waals surface area contributed by atoms with Gasteiger partial charge in [-0.3, -0.25) is 4.79 Å². The second kappa shape index (κ2) is 9.05. The highest BCUT2D eigenvalue weighted by Crippen LogP contribution is 2.29. The van der Waals surface area contributed by atoms with Gasteiger partial charge in [0.25, 0.3) is 5.91 Å². The number of quaternary nitrogens is 1. The zero-order chi connectivity index (χ0) is 19.1. The molecule has 0 radical (unpaired) electrons. The van der Waals surface area contributed by atoms with E-state index in [0.29, 0.717) is 12.3 Å². The van der Waals surface area contributed by atoms with Crippen LogP contribution in [0.2, 0.25) is 0 Å². The molecule has 0 aliphatic heterocycles. The molecule has 0 saturated carbocycles. The fraction of sp³-hybridized carbons (Fsp3) is 0.227. The molecule has 3 aromatic rings. The summed E-state index contributed by atoms with van der Waals surface area (Å²) >= 11 is 0. The summed E-state index contributed by atoms with van der Waals surface area (Å²) in [7, 11) is 4.07. The molecule has 1 amide bonds. The van der Waals surface area contributed by atoms with E-state index in [4.69, 9.17) is 9.15 Å². The molecule has 0 spiro atoms. The Morgan fingerprint density at radius 2 is 1.78 bits per heavy atom. The molecule has 0 unspecified atom stereocenters. The summed E-state index contributed by atoms with van der Waals surface area (Å²) in [5.74, 6) is 1.39. The second-order valence-corrected chi connectivity index (χ2v) is 6.60. The third-order valence-electron chi connectivity index (χ3n) is 4.42. The van der Waals surface area contributed by atoms with Gasteiger partial charge in [0.15, 0.2) is 18.4 Å². The molecule has 1 aromatic heterocycles. The van der Waals surface area contributed by atoms with Crippen LogP contribution in [0.1, 0.15) is 11.8 Å². The fourth-order valence-electron chi connectivity index (χ4n) is 2.94. The van der Waals surface area contributed by atoms with Gasteiger partial charge in [-0.15, -0.1) is 0 Å². The Labute approximate surface area is 159 Å². The first-order chi connectivity index (χ1) is 13.1. The molecule has 5 heteroatoms. The van der Waals surface area contributed by atoms with Crippen molar-refractivity contribution >= 4 is 5.91 Å². The van der Waals surface area contributed by atoms with E-state index < -0.39 is 0 Å². The lowest BCUT2D eigenvalue weighted by Gasteiger charge is -2.20. The first kappa shape index (κ1) is 18.7. The molecule has 27 heavy (non-hydrogen) atoms. The van der Waals surface area contributed by atoms with E-state index in [1.54, 1.807) is 6.26 Å². The first-order valence-electron chi connectivity index (χ1n) is 9.02. The van der Waals surface area contributed by atoms with Crippen LogP contribution in [0.3, 0.4) is 0 Å². The van der Waals surface area contributed by atoms with Crippen molar-refractivity contribution in [3.05, 3.63) is 78.8 Å². The maximum atomic E-state index is 12.3. The Morgan fingerprint density at radius 1 is 1.04 bits per heavy atom. The zero-order valence-electron chi connectivity index (χ0n) is 15.6. The lowest BCUT2D eigenvalue weighted by Crippen LogP contribution is -3.07. The average Bonchev–Trinajstić information content (AvgIpc) is 3.21. The topological polar surface area (TPSA) is 55.9 Å². The van der Waals surface area contributed by atoms with Gasteiger partial charge in [0.1, 0.15) is 5.75 Å². The molecule has 0 aliphatic rings. The Kier molecular flexibility index (Phi) is 6.28. The van der Waals surface area contributed by atoms with Crippen molar-refractivity contribution in [2.24, 2.45) is 0 Å². The predicted octanol–water partition coefficient (Wildman–Crippen LogP) is 2.33. The molecule has 0 aliphatic carbocycles. The lowest BCUT2D eigenvalue weighted by atomic mass is 10.1. The normalized spacial score (nSPS) is 12.0. The highest BCUT2D eigenvalue weighted by atomic mass is 16.5. The van der Waals surface area contributed by atoms with Crippen LogP contribution in [0.15, 0.2) is 77.4 Å². The Balaban J connectivity index is 1.58. The molecule has 3 rings (SSSR count). The van der Waals surface area contributed by atoms with Crippen molar-refractivity contribution in [1.82, 2.24) is 5.32 Å². The number of amides is 1. The monoisotopic (exact) mass is 365 g/mol. The van der Waals surface area contributed by atoms with E-state index >= 15 is 0 Å². The van der Waals surface area contributed by atoms with Crippen molar-refractivity contribution in [2.75, 3.05) is 27.2 Å². The first-order valence-corrected chi connectivity index (χ1v) is 9.02. The van der Waals surface area contributed by atoms with Crippen LogP contribution >= 0.6 is 0 Å². The van der Waals surface area contributed by atoms with Crippen LogP contribution in [0, 0.1) is 0 Å². The van der Waals surface area contributed by atoms with Crippen molar-refractivity contribution in [2.45, 2.75) is 6.04 Å². The van der Waals surface area contributed by atoms with Gasteiger partial charge in [-0.1, -0.05) is 48.5 Å². The number of carbonyl (C=O) groups is 1. The molecule has 0 bridgehead atoms. The van der Waals surface area contributed by atoms with Crippen LogP contribution in [0.4, 0.5) is 0 Å². The average molecular weight is 365 g/mol. The summed E-state index contributed by atoms with van der Waals surface area (Å²) in [6.45, 7) is 0.454. The largest absolute Gasteiger partial charge is 0.483 e. The second-order valence-electron chi connectivity index (χ2n) is 6.60. The van der Waals surface area contributed by atoms with Crippen molar-refractivity contribution in [1.29, 1.82) is 0 Å². The van der Waals surface area contributed by atoms with Crippen LogP contribution in [0.25, 0.3) is 11.1 Å². The lowest BCUT2D eigenvalue weighted by molar-refractivity contribution is -0.891. The maximum absolute atomic E-state index is 12.3. The van der Waals surface area contributed by atoms with E-state index in [1.807, 2.05) is 80.8 Å². The van der Waals surface area contributed by atoms with Crippen LogP contribution in [0.5, 0.6) is 5.75 Å². The number of hydrogen-bond acceptors (Lipinski definition) is 3. The summed E-state index contributed by atoms with van der Waals surface area (Å²) in [6, 6.07) is 21.6. The standard InChI is InChI=1S/C22H24N2O3/c1-24(2)19(21-13-8-14-26-21)15-23-22(25)16-27-20-12-7-6-11-18(20)17-9-4-3-5-10-17/h3-14,19H,15-16H2,1-2H3,(H,23,25)/p+1/t19-/m0/s1. The number of likely N-dealkylation sites (N-methyl/N-ethyl adjacent to an activating group) is 1. The van der Waals surface area contributed by atoms with Gasteiger partial charge in [0.05, 0.1) is 26.9 Å². The molecule has 5 nitrogen and oxygen atoms in total. The summed E-state index contributed by atoms with van der Waals surface area (Å²) in [4.78, 5) is 13.5. The molecule has 2 aromatic carbocycles. The molecular weight excluding hydrogens is 340 g/mol. The minimum absolute atomic E-state index is 0.0303. The van der Waals surface area contributed by atoms with E-state index in [2.05, 4.69) is 5.32 Å². The van der Waals surface area contributed by atoms with E-state index in [-0.39, 0.29) is 18.6 Å². The van der Waals surface area contributed by atoms with Crippen molar-refractivity contribution < 1.29 is 18.8 Å². The molecule has 140 valence electrons. The van der Waals surface area contributed by atoms with Gasteiger partial charge in [0, 0.05) is 5.56 Å². The number of carbonyl (C=O) groups excluding carboxylic acids is 1. The third kappa shape index (κ3) is 4.99. The molecule has 2 N–H and O–H groups in total. The van der Waals surface area contributed by atoms with Crippen molar-refractivity contribution in [3.63, 3.8) is 0 Å². The number of nitrogens with one attached hydrogen (secondary N) is 2. The molecule has 1 heterocycles. The summed E-state index contributed by atoms with van der Waals surface area (Å²) < 4.78 is 11.3. The minimum atomic E-state index is -0.157. The van der Waals surface area contributed by atoms with Gasteiger partial charge in [0.2, 0.25) is 0 Å². The Morgan fingerprint density at radius 3 is 2.48 bits per heavy atom. The highest BCUT2D eigenvalue weighted by Gasteiger charge is 2.21. The minimum Gasteiger partial charge on any atom is -0.483 e. The van der Waals surface area contributed by atoms with Gasteiger partial charge < -0.3 is 19.4 Å². The number of para-hydroxylation sites is 1. The number of benzene rings is 2. The van der Waals surface area contributed by atoms with Crippen LogP contribution in [-0.4, -0.2) is 33.2 Å². The van der Waals surface area contributed by atoms with E-state index in [1.165, 1.54) is 4.90 Å². The SMILES string of the molecule is C[NH+](C)[C@@H](CNC(=O)COc1ccccc1-c1ccccc1)c1ccco1. The Hall–Kier alpha value is -3.05. The van der Waals surface area contributed by atoms with E-state index in [9.17, 15) is 4.79 Å². The zero-order valence-corrected chi connectivity index (χ0v) is 15.6. The smallest absolute Gasteiger partial charge is 0.258 e. The summed E-state index contributed by atoms with van der Waals surface area (Å²) in [5.41, 5.74) is 2.03. The quantitative estimate of drug-likeness (QED) is 0.644. The number of rotatable bonds is 8. The van der Waals surface area contributed by atoms with Crippen molar-refractivity contribution in [3.8, 4) is 16.9 Å². The Bertz CT molecular complexity index is 845. The molecular formula is C22H25N2O3+. The van der Waals surface area contributed by atoms with Gasteiger partial charge in [-0.2, -0.15) is 0 Å². The summed E-state index contributed by atoms with van der Waals surface area (Å²) in [5, 5.41) is 2.94.